The van der Waals surface area contributed by atoms with Gasteiger partial charge in [0.1, 0.15) is 5.75 Å². The summed E-state index contributed by atoms with van der Waals surface area (Å²) in [6, 6.07) is 3.46. The maximum absolute atomic E-state index is 13.8. The van der Waals surface area contributed by atoms with E-state index in [1.807, 2.05) is 0 Å². The minimum absolute atomic E-state index is 0.0642. The van der Waals surface area contributed by atoms with Crippen molar-refractivity contribution >= 4 is 17.5 Å². The minimum atomic E-state index is -0.755. The Morgan fingerprint density at radius 3 is 2.25 bits per heavy atom. The van der Waals surface area contributed by atoms with Gasteiger partial charge in [-0.25, -0.2) is 9.29 Å². The normalized spacial score (nSPS) is 21.8. The van der Waals surface area contributed by atoms with Crippen LogP contribution in [0.2, 0.25) is 0 Å². The molecule has 1 aliphatic carbocycles. The monoisotopic (exact) mass is 277 g/mol. The third kappa shape index (κ3) is 2.07. The second kappa shape index (κ2) is 4.58. The fourth-order valence-corrected chi connectivity index (χ4v) is 3.43. The summed E-state index contributed by atoms with van der Waals surface area (Å²) in [4.78, 5) is 25.5. The Kier molecular flexibility index (Phi) is 3.00. The number of carbonyl (C=O) groups is 2. The molecule has 1 aliphatic heterocycles. The van der Waals surface area contributed by atoms with Crippen LogP contribution in [0.5, 0.6) is 5.75 Å². The van der Waals surface area contributed by atoms with Crippen molar-refractivity contribution in [2.24, 2.45) is 5.41 Å². The number of rotatable bonds is 1. The van der Waals surface area contributed by atoms with Crippen molar-refractivity contribution in [3.05, 3.63) is 24.0 Å². The number of phenols is 1. The van der Waals surface area contributed by atoms with Crippen molar-refractivity contribution < 1.29 is 19.1 Å². The highest BCUT2D eigenvalue weighted by Crippen LogP contribution is 2.47. The molecule has 2 fully saturated rings. The van der Waals surface area contributed by atoms with Crippen LogP contribution in [0.4, 0.5) is 10.1 Å². The highest BCUT2D eigenvalue weighted by molar-refractivity contribution is 6.17. The van der Waals surface area contributed by atoms with E-state index in [9.17, 15) is 19.1 Å². The highest BCUT2D eigenvalue weighted by Gasteiger charge is 2.45. The molecule has 1 saturated heterocycles. The van der Waals surface area contributed by atoms with Gasteiger partial charge in [-0.05, 0) is 30.4 Å². The van der Waals surface area contributed by atoms with Crippen LogP contribution in [0.3, 0.4) is 0 Å². The number of amides is 2. The number of piperidine rings is 1. The standard InChI is InChI=1S/C15H16FNO3/c16-11-7-10(18)3-4-12(11)17-13(19)8-15(9-14(17)20)5-1-2-6-15/h3-4,7,18H,1-2,5-6,8-9H2. The quantitative estimate of drug-likeness (QED) is 0.803. The van der Waals surface area contributed by atoms with Gasteiger partial charge in [0.05, 0.1) is 5.69 Å². The SMILES string of the molecule is O=C1CC2(CCCC2)CC(=O)N1c1ccc(O)cc1F. The van der Waals surface area contributed by atoms with Gasteiger partial charge in [0.2, 0.25) is 11.8 Å². The van der Waals surface area contributed by atoms with Crippen LogP contribution >= 0.6 is 0 Å². The van der Waals surface area contributed by atoms with Crippen LogP contribution in [-0.2, 0) is 9.59 Å². The maximum atomic E-state index is 13.8. The summed E-state index contributed by atoms with van der Waals surface area (Å²) in [7, 11) is 0. The molecule has 5 heteroatoms. The number of imide groups is 1. The Morgan fingerprint density at radius 2 is 1.70 bits per heavy atom. The number of hydrogen-bond donors (Lipinski definition) is 1. The lowest BCUT2D eigenvalue weighted by molar-refractivity contribution is -0.133. The van der Waals surface area contributed by atoms with E-state index in [1.165, 1.54) is 12.1 Å². The van der Waals surface area contributed by atoms with Crippen LogP contribution in [-0.4, -0.2) is 16.9 Å². The molecule has 1 spiro atoms. The third-order valence-electron chi connectivity index (χ3n) is 4.39. The van der Waals surface area contributed by atoms with E-state index in [0.29, 0.717) is 12.8 Å². The van der Waals surface area contributed by atoms with Crippen LogP contribution < -0.4 is 4.90 Å². The highest BCUT2D eigenvalue weighted by atomic mass is 19.1. The fourth-order valence-electron chi connectivity index (χ4n) is 3.43. The van der Waals surface area contributed by atoms with E-state index in [2.05, 4.69) is 0 Å². The molecule has 106 valence electrons. The zero-order valence-corrected chi connectivity index (χ0v) is 11.1. The first-order chi connectivity index (χ1) is 9.51. The molecule has 1 aromatic carbocycles. The average molecular weight is 277 g/mol. The van der Waals surface area contributed by atoms with E-state index in [1.54, 1.807) is 0 Å². The zero-order chi connectivity index (χ0) is 14.3. The number of benzene rings is 1. The molecule has 4 nitrogen and oxygen atoms in total. The molecule has 3 rings (SSSR count). The number of carbonyl (C=O) groups excluding carboxylic acids is 2. The summed E-state index contributed by atoms with van der Waals surface area (Å²) >= 11 is 0. The van der Waals surface area contributed by atoms with E-state index in [4.69, 9.17) is 0 Å². The van der Waals surface area contributed by atoms with Gasteiger partial charge in [0.15, 0.2) is 5.82 Å². The number of halogens is 1. The molecule has 1 heterocycles. The van der Waals surface area contributed by atoms with E-state index >= 15 is 0 Å². The summed E-state index contributed by atoms with van der Waals surface area (Å²) in [6.45, 7) is 0. The topological polar surface area (TPSA) is 57.6 Å². The summed E-state index contributed by atoms with van der Waals surface area (Å²) in [5.74, 6) is -1.66. The number of aromatic hydroxyl groups is 1. The van der Waals surface area contributed by atoms with Crippen molar-refractivity contribution in [2.45, 2.75) is 38.5 Å². The molecule has 0 radical (unpaired) electrons. The van der Waals surface area contributed by atoms with Crippen molar-refractivity contribution in [1.29, 1.82) is 0 Å². The predicted molar refractivity (Wildman–Crippen MR) is 70.7 cm³/mol. The van der Waals surface area contributed by atoms with Gasteiger partial charge in [-0.15, -0.1) is 0 Å². The Hall–Kier alpha value is -1.91. The Balaban J connectivity index is 1.91. The van der Waals surface area contributed by atoms with Crippen LogP contribution in [0.15, 0.2) is 18.2 Å². The molecule has 0 unspecified atom stereocenters. The van der Waals surface area contributed by atoms with E-state index in [0.717, 1.165) is 36.6 Å². The minimum Gasteiger partial charge on any atom is -0.508 e. The first-order valence-electron chi connectivity index (χ1n) is 6.85. The Bertz CT molecular complexity index is 558. The predicted octanol–water partition coefficient (Wildman–Crippen LogP) is 2.75. The molecule has 1 saturated carbocycles. The van der Waals surface area contributed by atoms with Crippen molar-refractivity contribution in [3.8, 4) is 5.75 Å². The number of nitrogens with zero attached hydrogens (tertiary/aromatic N) is 1. The number of hydrogen-bond acceptors (Lipinski definition) is 3. The van der Waals surface area contributed by atoms with Crippen molar-refractivity contribution in [3.63, 3.8) is 0 Å². The van der Waals surface area contributed by atoms with Gasteiger partial charge in [-0.3, -0.25) is 9.59 Å². The zero-order valence-electron chi connectivity index (χ0n) is 11.1. The molecular formula is C15H16FNO3. The molecular weight excluding hydrogens is 261 g/mol. The first kappa shape index (κ1) is 13.1. The lowest BCUT2D eigenvalue weighted by atomic mass is 9.76. The summed E-state index contributed by atoms with van der Waals surface area (Å²) in [6.07, 6.45) is 4.51. The molecule has 0 aromatic heterocycles. The maximum Gasteiger partial charge on any atom is 0.234 e. The van der Waals surface area contributed by atoms with Crippen LogP contribution in [0.25, 0.3) is 0 Å². The molecule has 1 aromatic rings. The van der Waals surface area contributed by atoms with Crippen molar-refractivity contribution in [1.82, 2.24) is 0 Å². The Labute approximate surface area is 116 Å². The number of phenolic OH excluding ortho intramolecular Hbond substituents is 1. The summed E-state index contributed by atoms with van der Waals surface area (Å²) in [5.41, 5.74) is -0.261. The summed E-state index contributed by atoms with van der Waals surface area (Å²) < 4.78 is 13.8. The van der Waals surface area contributed by atoms with Crippen LogP contribution in [0, 0.1) is 11.2 Å². The van der Waals surface area contributed by atoms with E-state index < -0.39 is 5.82 Å². The van der Waals surface area contributed by atoms with Gasteiger partial charge >= 0.3 is 0 Å². The third-order valence-corrected chi connectivity index (χ3v) is 4.39. The molecule has 1 N–H and O–H groups in total. The molecule has 0 bridgehead atoms. The van der Waals surface area contributed by atoms with E-state index in [-0.39, 0.29) is 28.7 Å². The largest absolute Gasteiger partial charge is 0.508 e. The molecule has 2 amide bonds. The second-order valence-corrected chi connectivity index (χ2v) is 5.82. The second-order valence-electron chi connectivity index (χ2n) is 5.82. The van der Waals surface area contributed by atoms with Gasteiger partial charge in [-0.2, -0.15) is 0 Å². The number of anilines is 1. The summed E-state index contributed by atoms with van der Waals surface area (Å²) in [5, 5.41) is 9.21. The smallest absolute Gasteiger partial charge is 0.234 e. The van der Waals surface area contributed by atoms with Gasteiger partial charge in [0, 0.05) is 18.9 Å². The van der Waals surface area contributed by atoms with Gasteiger partial charge < -0.3 is 5.11 Å². The lowest BCUT2D eigenvalue weighted by Gasteiger charge is -2.37. The molecule has 0 atom stereocenters. The van der Waals surface area contributed by atoms with Crippen molar-refractivity contribution in [2.75, 3.05) is 4.90 Å². The average Bonchev–Trinajstić information content (AvgIpc) is 2.79. The molecule has 2 aliphatic rings. The molecule has 20 heavy (non-hydrogen) atoms. The van der Waals surface area contributed by atoms with Crippen LogP contribution in [0.1, 0.15) is 38.5 Å². The fraction of sp³-hybridized carbons (Fsp3) is 0.467. The van der Waals surface area contributed by atoms with Gasteiger partial charge in [-0.1, -0.05) is 12.8 Å². The first-order valence-corrected chi connectivity index (χ1v) is 6.85. The lowest BCUT2D eigenvalue weighted by Crippen LogP contribution is -2.47. The van der Waals surface area contributed by atoms with Gasteiger partial charge in [0.25, 0.3) is 0 Å². The Morgan fingerprint density at radius 1 is 1.10 bits per heavy atom.